The number of piperazine rings is 1. The fourth-order valence-electron chi connectivity index (χ4n) is 8.07. The van der Waals surface area contributed by atoms with Gasteiger partial charge in [0.1, 0.15) is 24.2 Å². The van der Waals surface area contributed by atoms with Crippen LogP contribution in [-0.4, -0.2) is 109 Å². The second kappa shape index (κ2) is 18.3. The summed E-state index contributed by atoms with van der Waals surface area (Å²) in [7, 11) is 0. The van der Waals surface area contributed by atoms with Crippen molar-refractivity contribution in [2.45, 2.75) is 38.1 Å². The van der Waals surface area contributed by atoms with E-state index in [9.17, 15) is 19.2 Å². The number of carbonyl (C=O) groups is 4. The first-order valence-electron chi connectivity index (χ1n) is 23.8. The van der Waals surface area contributed by atoms with E-state index >= 15 is 4.39 Å². The molecule has 12 heteroatoms. The van der Waals surface area contributed by atoms with E-state index in [4.69, 9.17) is 27.3 Å². The summed E-state index contributed by atoms with van der Waals surface area (Å²) in [5.74, 6) is -4.31. The number of nitrogens with one attached hydrogen (secondary N) is 1. The van der Waals surface area contributed by atoms with Gasteiger partial charge in [-0.3, -0.25) is 39.2 Å². The molecule has 0 radical (unpaired) electrons. The van der Waals surface area contributed by atoms with Crippen molar-refractivity contribution in [2.75, 3.05) is 69.6 Å². The molecule has 10 nitrogen and oxygen atoms in total. The number of ether oxygens (including phenoxy) is 1. The molecular formula is C47H49ClFN5O5. The first-order valence-corrected chi connectivity index (χ1v) is 20.3. The van der Waals surface area contributed by atoms with Gasteiger partial charge in [0.05, 0.1) is 22.3 Å². The molecule has 4 heterocycles. The number of halogens is 2. The van der Waals surface area contributed by atoms with Gasteiger partial charge in [-0.05, 0) is 96.8 Å². The predicted molar refractivity (Wildman–Crippen MR) is 227 cm³/mol. The number of rotatable bonds is 13. The first kappa shape index (κ1) is 31.5. The standard InChI is InChI=1S/C47H49ClFN5O5/c48-20-17-37(33-7-3-1-4-8-33)44(34-9-5-2-6-10-34)35-11-13-36(14-12-35)59-28-27-51-21-18-32(19-22-51)31-52-23-25-53(26-24-52)42-30-39-38(29-40(42)49)46(57)54(47(39)58)41-15-16-43(55)50-45(41)56/h1-14,29-30,32,41H,15-28,31H2,(H,50,55,56)/i23D2,24D2,25D2,26D2. The highest BCUT2D eigenvalue weighted by molar-refractivity contribution is 6.24. The van der Waals surface area contributed by atoms with Crippen molar-refractivity contribution >= 4 is 52.1 Å². The van der Waals surface area contributed by atoms with E-state index in [-0.39, 0.29) is 30.2 Å². The Bertz CT molecular complexity index is 2560. The number of hydrogen-bond acceptors (Lipinski definition) is 8. The van der Waals surface area contributed by atoms with Crippen molar-refractivity contribution in [1.29, 1.82) is 0 Å². The Morgan fingerprint density at radius 3 is 2.05 bits per heavy atom. The molecule has 0 aromatic heterocycles. The fourth-order valence-corrected chi connectivity index (χ4v) is 8.26. The Morgan fingerprint density at radius 2 is 1.41 bits per heavy atom. The summed E-state index contributed by atoms with van der Waals surface area (Å²) in [6, 6.07) is 28.1. The number of piperidine rings is 2. The molecule has 0 aliphatic carbocycles. The van der Waals surface area contributed by atoms with Gasteiger partial charge in [0, 0.05) is 56.9 Å². The number of fused-ring (bicyclic) bond motifs is 1. The van der Waals surface area contributed by atoms with Gasteiger partial charge in [-0.15, -0.1) is 11.6 Å². The van der Waals surface area contributed by atoms with E-state index < -0.39 is 78.3 Å². The number of imide groups is 2. The first-order chi connectivity index (χ1) is 31.8. The van der Waals surface area contributed by atoms with Crippen LogP contribution in [0.3, 0.4) is 0 Å². The zero-order chi connectivity index (χ0) is 48.1. The van der Waals surface area contributed by atoms with Crippen LogP contribution in [0.4, 0.5) is 10.1 Å². The lowest BCUT2D eigenvalue weighted by atomic mass is 9.88. The van der Waals surface area contributed by atoms with Crippen LogP contribution < -0.4 is 15.0 Å². The molecule has 59 heavy (non-hydrogen) atoms. The largest absolute Gasteiger partial charge is 0.492 e. The normalized spacial score (nSPS) is 25.2. The summed E-state index contributed by atoms with van der Waals surface area (Å²) in [5.41, 5.74) is 3.40. The molecule has 1 unspecified atom stereocenters. The van der Waals surface area contributed by atoms with Crippen LogP contribution in [0.2, 0.25) is 0 Å². The molecular weight excluding hydrogens is 769 g/mol. The van der Waals surface area contributed by atoms with Crippen molar-refractivity contribution in [1.82, 2.24) is 20.0 Å². The Balaban J connectivity index is 0.917. The van der Waals surface area contributed by atoms with E-state index in [0.717, 1.165) is 27.8 Å². The average molecular weight is 826 g/mol. The summed E-state index contributed by atoms with van der Waals surface area (Å²) in [6.45, 7) is -11.8. The van der Waals surface area contributed by atoms with Gasteiger partial charge < -0.3 is 9.64 Å². The monoisotopic (exact) mass is 825 g/mol. The maximum atomic E-state index is 16.1. The van der Waals surface area contributed by atoms with Crippen LogP contribution in [0.1, 0.15) is 80.5 Å². The minimum Gasteiger partial charge on any atom is -0.492 e. The van der Waals surface area contributed by atoms with Gasteiger partial charge in [-0.1, -0.05) is 72.8 Å². The summed E-state index contributed by atoms with van der Waals surface area (Å²) >= 11 is 6.32. The Labute approximate surface area is 360 Å². The maximum absolute atomic E-state index is 16.1. The third kappa shape index (κ3) is 8.98. The Kier molecular flexibility index (Phi) is 9.77. The fraction of sp³-hybridized carbons (Fsp3) is 0.362. The molecule has 306 valence electrons. The lowest BCUT2D eigenvalue weighted by Gasteiger charge is -2.39. The number of benzene rings is 4. The average Bonchev–Trinajstić information content (AvgIpc) is 3.53. The Hall–Kier alpha value is -5.36. The van der Waals surface area contributed by atoms with Crippen LogP contribution in [0.15, 0.2) is 97.1 Å². The van der Waals surface area contributed by atoms with Crippen LogP contribution in [0.25, 0.3) is 11.1 Å². The van der Waals surface area contributed by atoms with Crippen LogP contribution >= 0.6 is 11.6 Å². The van der Waals surface area contributed by atoms with E-state index in [1.165, 1.54) is 0 Å². The van der Waals surface area contributed by atoms with Crippen LogP contribution in [-0.2, 0) is 9.59 Å². The summed E-state index contributed by atoms with van der Waals surface area (Å²) in [4.78, 5) is 54.4. The third-order valence-corrected chi connectivity index (χ3v) is 11.3. The molecule has 1 atom stereocenters. The molecule has 0 spiro atoms. The molecule has 3 fully saturated rings. The third-order valence-electron chi connectivity index (χ3n) is 11.1. The maximum Gasteiger partial charge on any atom is 0.262 e. The molecule has 4 aromatic carbocycles. The molecule has 4 aliphatic rings. The molecule has 4 aromatic rings. The molecule has 4 amide bonds. The van der Waals surface area contributed by atoms with Gasteiger partial charge in [-0.25, -0.2) is 4.39 Å². The zero-order valence-corrected chi connectivity index (χ0v) is 33.0. The van der Waals surface area contributed by atoms with Crippen molar-refractivity contribution in [3.05, 3.63) is 131 Å². The number of allylic oxidation sites excluding steroid dienone is 1. The smallest absolute Gasteiger partial charge is 0.262 e. The topological polar surface area (TPSA) is 102 Å². The molecule has 0 bridgehead atoms. The van der Waals surface area contributed by atoms with Gasteiger partial charge in [0.2, 0.25) is 11.8 Å². The second-order valence-electron chi connectivity index (χ2n) is 14.9. The van der Waals surface area contributed by atoms with E-state index in [1.807, 2.05) is 66.0 Å². The summed E-state index contributed by atoms with van der Waals surface area (Å²) < 4.78 is 94.1. The van der Waals surface area contributed by atoms with Gasteiger partial charge in [0.25, 0.3) is 11.8 Å². The number of anilines is 1. The number of nitrogens with zero attached hydrogens (tertiary/aromatic N) is 4. The molecule has 8 rings (SSSR count). The van der Waals surface area contributed by atoms with Gasteiger partial charge in [-0.2, -0.15) is 0 Å². The summed E-state index contributed by atoms with van der Waals surface area (Å²) in [5, 5.41) is 2.05. The van der Waals surface area contributed by atoms with Gasteiger partial charge >= 0.3 is 0 Å². The highest BCUT2D eigenvalue weighted by Crippen LogP contribution is 2.36. The van der Waals surface area contributed by atoms with Crippen molar-refractivity contribution < 1.29 is 39.3 Å². The number of hydrogen-bond donors (Lipinski definition) is 1. The minimum absolute atomic E-state index is 0.0250. The van der Waals surface area contributed by atoms with Crippen LogP contribution in [0, 0.1) is 11.7 Å². The predicted octanol–water partition coefficient (Wildman–Crippen LogP) is 6.73. The van der Waals surface area contributed by atoms with Crippen LogP contribution in [0.5, 0.6) is 5.75 Å². The lowest BCUT2D eigenvalue weighted by Crippen LogP contribution is -2.54. The minimum atomic E-state index is -3.45. The van der Waals surface area contributed by atoms with Gasteiger partial charge in [0.15, 0.2) is 0 Å². The number of alkyl halides is 1. The molecule has 3 saturated heterocycles. The highest BCUT2D eigenvalue weighted by Gasteiger charge is 2.45. The van der Waals surface area contributed by atoms with Crippen molar-refractivity contribution in [3.63, 3.8) is 0 Å². The number of amides is 4. The van der Waals surface area contributed by atoms with E-state index in [0.29, 0.717) is 79.1 Å². The number of likely N-dealkylation sites (tertiary alicyclic amines) is 1. The molecule has 0 saturated carbocycles. The number of carbonyl (C=O) groups excluding carboxylic acids is 4. The molecule has 1 N–H and O–H groups in total. The summed E-state index contributed by atoms with van der Waals surface area (Å²) in [6.07, 6.45) is 1.24. The molecule has 4 aliphatic heterocycles. The zero-order valence-electron chi connectivity index (χ0n) is 40.3. The van der Waals surface area contributed by atoms with Crippen molar-refractivity contribution in [3.8, 4) is 5.75 Å². The van der Waals surface area contributed by atoms with E-state index in [2.05, 4.69) is 29.2 Å². The van der Waals surface area contributed by atoms with E-state index in [1.54, 1.807) is 0 Å². The SMILES string of the molecule is [2H]C1([2H])N(CC2CCN(CCOc3ccc(C(=C(CCCl)c4ccccc4)c4ccccc4)cc3)CC2)C([2H])([2H])C([2H])([2H])N(c2cc3c(cc2F)C(=O)N(C2CCC(=O)NC2=O)C3=O)C1([2H])[2H]. The van der Waals surface area contributed by atoms with Crippen molar-refractivity contribution in [2.24, 2.45) is 5.92 Å². The highest BCUT2D eigenvalue weighted by atomic mass is 35.5. The second-order valence-corrected chi connectivity index (χ2v) is 15.3. The Morgan fingerprint density at radius 1 is 0.780 bits per heavy atom. The quantitative estimate of drug-likeness (QED) is 0.0901. The lowest BCUT2D eigenvalue weighted by molar-refractivity contribution is -0.136.